The number of rotatable bonds is 6. The van der Waals surface area contributed by atoms with E-state index in [1.165, 1.54) is 19.2 Å². The molecule has 2 rings (SSSR count). The summed E-state index contributed by atoms with van der Waals surface area (Å²) >= 11 is 5.82. The van der Waals surface area contributed by atoms with E-state index in [1.54, 1.807) is 24.3 Å². The molecule has 0 fully saturated rings. The molecule has 24 heavy (non-hydrogen) atoms. The number of carbonyl (C=O) groups is 2. The third-order valence-corrected chi connectivity index (χ3v) is 3.55. The number of carbonyl (C=O) groups excluding carboxylic acids is 2. The number of amides is 2. The van der Waals surface area contributed by atoms with Crippen LogP contribution in [0.3, 0.4) is 0 Å². The lowest BCUT2D eigenvalue weighted by Crippen LogP contribution is -2.35. The standard InChI is InChI=1S/C17H16ClFN2O3/c1-24-14-8-3-2-5-11(14)16(22)20-9-10-21-17(23)15-12(18)6-4-7-13(15)19/h2-8H,9-10H2,1H3,(H,20,22)(H,21,23). The van der Waals surface area contributed by atoms with Gasteiger partial charge in [-0.3, -0.25) is 9.59 Å². The lowest BCUT2D eigenvalue weighted by molar-refractivity contribution is 0.0924. The van der Waals surface area contributed by atoms with E-state index >= 15 is 0 Å². The maximum Gasteiger partial charge on any atom is 0.255 e. The van der Waals surface area contributed by atoms with Gasteiger partial charge in [0.15, 0.2) is 0 Å². The van der Waals surface area contributed by atoms with Crippen LogP contribution >= 0.6 is 11.6 Å². The van der Waals surface area contributed by atoms with Gasteiger partial charge in [-0.1, -0.05) is 29.8 Å². The molecule has 0 unspecified atom stereocenters. The minimum Gasteiger partial charge on any atom is -0.496 e. The molecule has 0 atom stereocenters. The molecule has 5 nitrogen and oxygen atoms in total. The Hall–Kier alpha value is -2.60. The number of benzene rings is 2. The fourth-order valence-electron chi connectivity index (χ4n) is 2.08. The number of halogens is 2. The molecule has 2 N–H and O–H groups in total. The van der Waals surface area contributed by atoms with E-state index < -0.39 is 11.7 Å². The summed E-state index contributed by atoms with van der Waals surface area (Å²) in [6.07, 6.45) is 0. The van der Waals surface area contributed by atoms with Gasteiger partial charge >= 0.3 is 0 Å². The molecule has 0 aliphatic heterocycles. The van der Waals surface area contributed by atoms with Crippen molar-refractivity contribution in [1.82, 2.24) is 10.6 Å². The maximum atomic E-state index is 13.6. The van der Waals surface area contributed by atoms with E-state index in [0.717, 1.165) is 6.07 Å². The van der Waals surface area contributed by atoms with Crippen LogP contribution in [0.15, 0.2) is 42.5 Å². The van der Waals surface area contributed by atoms with Gasteiger partial charge in [-0.05, 0) is 24.3 Å². The molecular weight excluding hydrogens is 335 g/mol. The number of para-hydroxylation sites is 1. The summed E-state index contributed by atoms with van der Waals surface area (Å²) in [5, 5.41) is 5.19. The van der Waals surface area contributed by atoms with Crippen molar-refractivity contribution in [3.05, 3.63) is 64.4 Å². The normalized spacial score (nSPS) is 10.1. The summed E-state index contributed by atoms with van der Waals surface area (Å²) < 4.78 is 18.7. The lowest BCUT2D eigenvalue weighted by atomic mass is 10.2. The van der Waals surface area contributed by atoms with Crippen molar-refractivity contribution >= 4 is 23.4 Å². The molecule has 2 aromatic rings. The van der Waals surface area contributed by atoms with Crippen LogP contribution in [-0.2, 0) is 0 Å². The number of ether oxygens (including phenoxy) is 1. The van der Waals surface area contributed by atoms with E-state index in [2.05, 4.69) is 10.6 Å². The summed E-state index contributed by atoms with van der Waals surface area (Å²) in [5.41, 5.74) is 0.179. The Balaban J connectivity index is 1.87. The molecule has 0 saturated carbocycles. The van der Waals surface area contributed by atoms with Crippen LogP contribution in [0.1, 0.15) is 20.7 Å². The van der Waals surface area contributed by atoms with Gasteiger partial charge in [0.25, 0.3) is 11.8 Å². The predicted octanol–water partition coefficient (Wildman–Crippen LogP) is 2.65. The highest BCUT2D eigenvalue weighted by Gasteiger charge is 2.15. The van der Waals surface area contributed by atoms with Crippen molar-refractivity contribution in [1.29, 1.82) is 0 Å². The largest absolute Gasteiger partial charge is 0.496 e. The highest BCUT2D eigenvalue weighted by atomic mass is 35.5. The van der Waals surface area contributed by atoms with Crippen molar-refractivity contribution in [3.63, 3.8) is 0 Å². The third kappa shape index (κ3) is 4.23. The summed E-state index contributed by atoms with van der Waals surface area (Å²) in [6.45, 7) is 0.305. The maximum absolute atomic E-state index is 13.6. The summed E-state index contributed by atoms with van der Waals surface area (Å²) in [7, 11) is 1.48. The molecule has 0 bridgehead atoms. The van der Waals surface area contributed by atoms with Gasteiger partial charge in [0.1, 0.15) is 11.6 Å². The zero-order valence-corrected chi connectivity index (χ0v) is 13.7. The predicted molar refractivity (Wildman–Crippen MR) is 89.1 cm³/mol. The molecule has 0 aromatic heterocycles. The second-order valence-electron chi connectivity index (χ2n) is 4.81. The van der Waals surface area contributed by atoms with Crippen LogP contribution in [0.2, 0.25) is 5.02 Å². The Morgan fingerprint density at radius 1 is 1.04 bits per heavy atom. The molecular formula is C17H16ClFN2O3. The van der Waals surface area contributed by atoms with Gasteiger partial charge < -0.3 is 15.4 Å². The minimum absolute atomic E-state index is 0.0329. The number of methoxy groups -OCH3 is 1. The zero-order chi connectivity index (χ0) is 17.5. The molecule has 0 aliphatic carbocycles. The summed E-state index contributed by atoms with van der Waals surface area (Å²) in [6, 6.07) is 10.8. The number of hydrogen-bond acceptors (Lipinski definition) is 3. The summed E-state index contributed by atoms with van der Waals surface area (Å²) in [5.74, 6) is -1.20. The van der Waals surface area contributed by atoms with Gasteiger partial charge in [0, 0.05) is 13.1 Å². The van der Waals surface area contributed by atoms with Gasteiger partial charge in [0.05, 0.1) is 23.3 Å². The van der Waals surface area contributed by atoms with Gasteiger partial charge in [-0.15, -0.1) is 0 Å². The lowest BCUT2D eigenvalue weighted by Gasteiger charge is -2.10. The minimum atomic E-state index is -0.696. The molecule has 7 heteroatoms. The molecule has 0 radical (unpaired) electrons. The first-order valence-electron chi connectivity index (χ1n) is 7.18. The molecule has 2 aromatic carbocycles. The van der Waals surface area contributed by atoms with E-state index in [4.69, 9.17) is 16.3 Å². The van der Waals surface area contributed by atoms with Gasteiger partial charge in [-0.25, -0.2) is 4.39 Å². The van der Waals surface area contributed by atoms with E-state index in [0.29, 0.717) is 11.3 Å². The van der Waals surface area contributed by atoms with E-state index in [9.17, 15) is 14.0 Å². The Kier molecular flexibility index (Phi) is 6.14. The zero-order valence-electron chi connectivity index (χ0n) is 12.9. The number of hydrogen-bond donors (Lipinski definition) is 2. The molecule has 0 spiro atoms. The van der Waals surface area contributed by atoms with Crippen molar-refractivity contribution in [2.24, 2.45) is 0 Å². The SMILES string of the molecule is COc1ccccc1C(=O)NCCNC(=O)c1c(F)cccc1Cl. The second-order valence-corrected chi connectivity index (χ2v) is 5.22. The topological polar surface area (TPSA) is 67.4 Å². The molecule has 0 heterocycles. The first kappa shape index (κ1) is 17.7. The molecule has 0 saturated heterocycles. The van der Waals surface area contributed by atoms with E-state index in [1.807, 2.05) is 0 Å². The van der Waals surface area contributed by atoms with Gasteiger partial charge in [0.2, 0.25) is 0 Å². The van der Waals surface area contributed by atoms with Crippen LogP contribution in [0.25, 0.3) is 0 Å². The van der Waals surface area contributed by atoms with Crippen LogP contribution in [0, 0.1) is 5.82 Å². The van der Waals surface area contributed by atoms with Crippen molar-refractivity contribution in [2.45, 2.75) is 0 Å². The second kappa shape index (κ2) is 8.31. The molecule has 2 amide bonds. The third-order valence-electron chi connectivity index (χ3n) is 3.24. The fraction of sp³-hybridized carbons (Fsp3) is 0.176. The van der Waals surface area contributed by atoms with Crippen LogP contribution in [-0.4, -0.2) is 32.0 Å². The number of nitrogens with one attached hydrogen (secondary N) is 2. The van der Waals surface area contributed by atoms with E-state index in [-0.39, 0.29) is 29.6 Å². The quantitative estimate of drug-likeness (QED) is 0.787. The highest BCUT2D eigenvalue weighted by molar-refractivity contribution is 6.33. The Labute approximate surface area is 143 Å². The van der Waals surface area contributed by atoms with Crippen molar-refractivity contribution < 1.29 is 18.7 Å². The highest BCUT2D eigenvalue weighted by Crippen LogP contribution is 2.18. The van der Waals surface area contributed by atoms with Crippen LogP contribution in [0.4, 0.5) is 4.39 Å². The Bertz CT molecular complexity index is 732. The molecule has 126 valence electrons. The molecule has 0 aliphatic rings. The first-order valence-corrected chi connectivity index (χ1v) is 7.56. The Morgan fingerprint density at radius 3 is 2.38 bits per heavy atom. The van der Waals surface area contributed by atoms with Crippen LogP contribution < -0.4 is 15.4 Å². The smallest absolute Gasteiger partial charge is 0.255 e. The first-order chi connectivity index (χ1) is 11.5. The average molecular weight is 351 g/mol. The van der Waals surface area contributed by atoms with Gasteiger partial charge in [-0.2, -0.15) is 0 Å². The monoisotopic (exact) mass is 350 g/mol. The van der Waals surface area contributed by atoms with Crippen molar-refractivity contribution in [2.75, 3.05) is 20.2 Å². The van der Waals surface area contributed by atoms with Crippen LogP contribution in [0.5, 0.6) is 5.75 Å². The Morgan fingerprint density at radius 2 is 1.71 bits per heavy atom. The summed E-state index contributed by atoms with van der Waals surface area (Å²) in [4.78, 5) is 24.0. The van der Waals surface area contributed by atoms with Crippen molar-refractivity contribution in [3.8, 4) is 5.75 Å². The average Bonchev–Trinajstić information content (AvgIpc) is 2.58. The fourth-order valence-corrected chi connectivity index (χ4v) is 2.33.